The number of alkyl halides is 1. The second-order valence-electron chi connectivity index (χ2n) is 9.58. The minimum Gasteiger partial charge on any atom is -0.465 e. The van der Waals surface area contributed by atoms with Crippen LogP contribution in [0.25, 0.3) is 0 Å². The molecule has 0 saturated heterocycles. The van der Waals surface area contributed by atoms with Gasteiger partial charge in [-0.2, -0.15) is 0 Å². The van der Waals surface area contributed by atoms with Crippen molar-refractivity contribution in [3.8, 4) is 0 Å². The molecule has 0 radical (unpaired) electrons. The molecule has 2 aliphatic rings. The maximum atomic E-state index is 14.2. The summed E-state index contributed by atoms with van der Waals surface area (Å²) < 4.78 is 34.1. The van der Waals surface area contributed by atoms with Crippen molar-refractivity contribution in [2.24, 2.45) is 0 Å². The summed E-state index contributed by atoms with van der Waals surface area (Å²) in [4.78, 5) is 29.4. The molecule has 0 bridgehead atoms. The lowest BCUT2D eigenvalue weighted by atomic mass is 9.77. The average molecular weight is 602 g/mol. The third-order valence-electron chi connectivity index (χ3n) is 7.16. The molecule has 38 heavy (non-hydrogen) atoms. The van der Waals surface area contributed by atoms with E-state index in [4.69, 9.17) is 39.5 Å². The van der Waals surface area contributed by atoms with Gasteiger partial charge in [0.25, 0.3) is 5.91 Å². The first-order valence-corrected chi connectivity index (χ1v) is 15.7. The summed E-state index contributed by atoms with van der Waals surface area (Å²) in [6.07, 6.45) is 3.06. The van der Waals surface area contributed by atoms with Gasteiger partial charge in [-0.25, -0.2) is 13.1 Å². The lowest BCUT2D eigenvalue weighted by molar-refractivity contribution is -0.147. The maximum Gasteiger partial charge on any atom is 0.315 e. The SMILES string of the molecule is CCOC(=O)C1c2ccccc2C(=O)N(C2CCCCC2NS(=O)(=O)CCCCl)C1c1ccc(Cl)cc1Cl. The molecule has 2 aromatic rings. The molecule has 206 valence electrons. The van der Waals surface area contributed by atoms with E-state index in [1.165, 1.54) is 0 Å². The fourth-order valence-electron chi connectivity index (χ4n) is 5.59. The van der Waals surface area contributed by atoms with Crippen molar-refractivity contribution in [2.75, 3.05) is 18.2 Å². The number of nitrogens with zero attached hydrogens (tertiary/aromatic N) is 1. The van der Waals surface area contributed by atoms with Crippen LogP contribution in [0.1, 0.15) is 72.5 Å². The molecule has 1 heterocycles. The number of nitrogens with one attached hydrogen (secondary N) is 1. The molecule has 2 aromatic carbocycles. The Morgan fingerprint density at radius 3 is 2.55 bits per heavy atom. The molecule has 4 rings (SSSR count). The highest BCUT2D eigenvalue weighted by atomic mass is 35.5. The molecule has 4 unspecified atom stereocenters. The monoisotopic (exact) mass is 600 g/mol. The molecule has 4 atom stereocenters. The van der Waals surface area contributed by atoms with Gasteiger partial charge in [-0.3, -0.25) is 9.59 Å². The van der Waals surface area contributed by atoms with Gasteiger partial charge in [-0.1, -0.05) is 60.3 Å². The van der Waals surface area contributed by atoms with Crippen molar-refractivity contribution in [1.82, 2.24) is 9.62 Å². The first-order chi connectivity index (χ1) is 18.2. The van der Waals surface area contributed by atoms with Crippen LogP contribution in [0.15, 0.2) is 42.5 Å². The molecule has 1 saturated carbocycles. The number of hydrogen-bond acceptors (Lipinski definition) is 5. The molecular weight excluding hydrogens is 571 g/mol. The summed E-state index contributed by atoms with van der Waals surface area (Å²) in [5.74, 6) is -1.50. The van der Waals surface area contributed by atoms with Crippen molar-refractivity contribution in [3.63, 3.8) is 0 Å². The number of sulfonamides is 1. The van der Waals surface area contributed by atoms with Crippen LogP contribution in [0.5, 0.6) is 0 Å². The number of benzene rings is 2. The van der Waals surface area contributed by atoms with E-state index in [1.54, 1.807) is 54.3 Å². The largest absolute Gasteiger partial charge is 0.465 e. The second kappa shape index (κ2) is 12.6. The molecule has 7 nitrogen and oxygen atoms in total. The Bertz CT molecular complexity index is 1290. The van der Waals surface area contributed by atoms with Crippen LogP contribution in [-0.4, -0.2) is 55.5 Å². The highest BCUT2D eigenvalue weighted by Gasteiger charge is 2.50. The summed E-state index contributed by atoms with van der Waals surface area (Å²) in [7, 11) is -3.63. The van der Waals surface area contributed by atoms with Crippen LogP contribution in [-0.2, 0) is 19.6 Å². The summed E-state index contributed by atoms with van der Waals surface area (Å²) >= 11 is 18.6. The van der Waals surface area contributed by atoms with Gasteiger partial charge in [-0.05, 0) is 55.5 Å². The number of carbonyl (C=O) groups excluding carboxylic acids is 2. The van der Waals surface area contributed by atoms with E-state index in [-0.39, 0.29) is 24.1 Å². The molecule has 1 aliphatic heterocycles. The van der Waals surface area contributed by atoms with Crippen molar-refractivity contribution < 1.29 is 22.7 Å². The Kier molecular flexibility index (Phi) is 9.63. The van der Waals surface area contributed by atoms with Gasteiger partial charge in [0, 0.05) is 33.6 Å². The molecular formula is C27H31Cl3N2O5S. The highest BCUT2D eigenvalue weighted by Crippen LogP contribution is 2.48. The van der Waals surface area contributed by atoms with Crippen LogP contribution < -0.4 is 4.72 Å². The highest BCUT2D eigenvalue weighted by molar-refractivity contribution is 7.89. The number of hydrogen-bond donors (Lipinski definition) is 1. The molecule has 0 spiro atoms. The third-order valence-corrected chi connectivity index (χ3v) is 9.48. The predicted molar refractivity (Wildman–Crippen MR) is 149 cm³/mol. The smallest absolute Gasteiger partial charge is 0.315 e. The quantitative estimate of drug-likeness (QED) is 0.294. The number of ether oxygens (including phenoxy) is 1. The summed E-state index contributed by atoms with van der Waals surface area (Å²) in [6.45, 7) is 1.89. The van der Waals surface area contributed by atoms with Crippen LogP contribution in [0.4, 0.5) is 0 Å². The van der Waals surface area contributed by atoms with Gasteiger partial charge < -0.3 is 9.64 Å². The van der Waals surface area contributed by atoms with E-state index in [1.807, 2.05) is 0 Å². The van der Waals surface area contributed by atoms with Crippen LogP contribution in [0.3, 0.4) is 0 Å². The molecule has 1 amide bonds. The van der Waals surface area contributed by atoms with E-state index < -0.39 is 40.0 Å². The second-order valence-corrected chi connectivity index (χ2v) is 12.7. The van der Waals surface area contributed by atoms with Crippen LogP contribution >= 0.6 is 34.8 Å². The minimum absolute atomic E-state index is 0.103. The van der Waals surface area contributed by atoms with Crippen molar-refractivity contribution >= 4 is 56.7 Å². The van der Waals surface area contributed by atoms with Gasteiger partial charge >= 0.3 is 5.97 Å². The van der Waals surface area contributed by atoms with E-state index >= 15 is 0 Å². The first kappa shape index (κ1) is 29.2. The molecule has 11 heteroatoms. The zero-order valence-corrected chi connectivity index (χ0v) is 24.1. The Balaban J connectivity index is 1.88. The number of esters is 1. The molecule has 1 N–H and O–H groups in total. The number of halogens is 3. The number of fused-ring (bicyclic) bond motifs is 1. The number of carbonyl (C=O) groups is 2. The van der Waals surface area contributed by atoms with Gasteiger partial charge in [0.15, 0.2) is 0 Å². The zero-order valence-electron chi connectivity index (χ0n) is 21.0. The maximum absolute atomic E-state index is 14.2. The molecule has 0 aromatic heterocycles. The van der Waals surface area contributed by atoms with E-state index in [9.17, 15) is 18.0 Å². The van der Waals surface area contributed by atoms with Crippen molar-refractivity contribution in [3.05, 3.63) is 69.2 Å². The van der Waals surface area contributed by atoms with Crippen LogP contribution in [0, 0.1) is 0 Å². The first-order valence-electron chi connectivity index (χ1n) is 12.8. The normalized spacial score (nSPS) is 23.7. The van der Waals surface area contributed by atoms with Gasteiger partial charge in [0.05, 0.1) is 18.4 Å². The predicted octanol–water partition coefficient (Wildman–Crippen LogP) is 5.70. The summed E-state index contributed by atoms with van der Waals surface area (Å²) in [5.41, 5.74) is 1.49. The zero-order chi connectivity index (χ0) is 27.4. The fourth-order valence-corrected chi connectivity index (χ4v) is 7.78. The van der Waals surface area contributed by atoms with Crippen molar-refractivity contribution in [1.29, 1.82) is 0 Å². The Morgan fingerprint density at radius 2 is 1.84 bits per heavy atom. The lowest BCUT2D eigenvalue weighted by Gasteiger charge is -2.49. The summed E-state index contributed by atoms with van der Waals surface area (Å²) in [5, 5.41) is 0.729. The van der Waals surface area contributed by atoms with Crippen molar-refractivity contribution in [2.45, 2.75) is 63.1 Å². The molecule has 1 fully saturated rings. The van der Waals surface area contributed by atoms with E-state index in [0.717, 1.165) is 12.8 Å². The van der Waals surface area contributed by atoms with Gasteiger partial charge in [0.1, 0.15) is 5.92 Å². The lowest BCUT2D eigenvalue weighted by Crippen LogP contribution is -2.59. The van der Waals surface area contributed by atoms with E-state index in [2.05, 4.69) is 4.72 Å². The Morgan fingerprint density at radius 1 is 1.11 bits per heavy atom. The van der Waals surface area contributed by atoms with Crippen LogP contribution in [0.2, 0.25) is 10.0 Å². The van der Waals surface area contributed by atoms with Gasteiger partial charge in [0.2, 0.25) is 10.0 Å². The fraction of sp³-hybridized carbons (Fsp3) is 0.481. The summed E-state index contributed by atoms with van der Waals surface area (Å²) in [6, 6.07) is 10.1. The average Bonchev–Trinajstić information content (AvgIpc) is 2.88. The number of amides is 1. The topological polar surface area (TPSA) is 92.8 Å². The third kappa shape index (κ3) is 6.15. The minimum atomic E-state index is -3.63. The Hall–Kier alpha value is -1.84. The Labute approximate surface area is 238 Å². The van der Waals surface area contributed by atoms with Gasteiger partial charge in [-0.15, -0.1) is 11.6 Å². The molecule has 1 aliphatic carbocycles. The van der Waals surface area contributed by atoms with E-state index in [0.29, 0.717) is 46.0 Å². The number of rotatable bonds is 9. The standard InChI is InChI=1S/C27H31Cl3N2O5S/c1-2-37-27(34)24-18-8-3-4-9-19(18)26(33)32(25(24)20-13-12-17(29)16-21(20)30)23-11-6-5-10-22(23)31-38(35,36)15-7-14-28/h3-4,8-9,12-13,16,22-25,31H,2,5-7,10-11,14-15H2,1H3.